The fraction of sp³-hybridized carbons (Fsp3) is 0.733. The molecule has 84 valence electrons. The quantitative estimate of drug-likeness (QED) is 0.494. The first-order valence-electron chi connectivity index (χ1n) is 6.35. The zero-order valence-corrected chi connectivity index (χ0v) is 10.7. The highest BCUT2D eigenvalue weighted by molar-refractivity contribution is 5.23. The molecule has 2 atom stereocenters. The Balaban J connectivity index is 2.27. The number of hydrogen-bond donors (Lipinski definition) is 0. The first kappa shape index (κ1) is 11.0. The van der Waals surface area contributed by atoms with Crippen LogP contribution in [0.4, 0.5) is 0 Å². The fourth-order valence-electron chi connectivity index (χ4n) is 3.44. The summed E-state index contributed by atoms with van der Waals surface area (Å²) in [6.07, 6.45) is 9.28. The van der Waals surface area contributed by atoms with Crippen LogP contribution in [0.5, 0.6) is 0 Å². The van der Waals surface area contributed by atoms with Gasteiger partial charge in [0.15, 0.2) is 0 Å². The minimum Gasteiger partial charge on any atom is -0.0853 e. The maximum absolute atomic E-state index is 2.51. The Morgan fingerprint density at radius 2 is 2.07 bits per heavy atom. The van der Waals surface area contributed by atoms with E-state index in [-0.39, 0.29) is 0 Å². The van der Waals surface area contributed by atoms with E-state index in [4.69, 9.17) is 0 Å². The number of rotatable bonds is 0. The molecular formula is C15H24. The van der Waals surface area contributed by atoms with Gasteiger partial charge in [-0.15, -0.1) is 0 Å². The number of hydrogen-bond acceptors (Lipinski definition) is 0. The van der Waals surface area contributed by atoms with Crippen molar-refractivity contribution in [2.24, 2.45) is 11.3 Å². The second-order valence-electron chi connectivity index (χ2n) is 6.00. The van der Waals surface area contributed by atoms with Gasteiger partial charge in [0.1, 0.15) is 0 Å². The van der Waals surface area contributed by atoms with Crippen molar-refractivity contribution in [3.8, 4) is 0 Å². The molecule has 2 aliphatic carbocycles. The van der Waals surface area contributed by atoms with Gasteiger partial charge in [0.25, 0.3) is 0 Å². The Kier molecular flexibility index (Phi) is 2.79. The smallest absolute Gasteiger partial charge is 0.0114 e. The van der Waals surface area contributed by atoms with E-state index in [1.165, 1.54) is 32.1 Å². The molecule has 0 amide bonds. The molecule has 2 unspecified atom stereocenters. The second kappa shape index (κ2) is 3.81. The molecule has 0 aromatic rings. The Labute approximate surface area is 94.5 Å². The van der Waals surface area contributed by atoms with Crippen LogP contribution in [0.15, 0.2) is 22.8 Å². The van der Waals surface area contributed by atoms with E-state index < -0.39 is 0 Å². The molecule has 1 saturated carbocycles. The van der Waals surface area contributed by atoms with Crippen molar-refractivity contribution < 1.29 is 0 Å². The van der Waals surface area contributed by atoms with E-state index in [1.54, 1.807) is 16.7 Å². The van der Waals surface area contributed by atoms with Crippen LogP contribution < -0.4 is 0 Å². The third-order valence-electron chi connectivity index (χ3n) is 4.73. The number of fused-ring (bicyclic) bond motifs is 1. The molecule has 0 nitrogen and oxygen atoms in total. The topological polar surface area (TPSA) is 0 Å². The first-order chi connectivity index (χ1) is 7.03. The Hall–Kier alpha value is -0.520. The average Bonchev–Trinajstić information content (AvgIpc) is 2.17. The maximum Gasteiger partial charge on any atom is -0.0114 e. The molecule has 0 aliphatic heterocycles. The van der Waals surface area contributed by atoms with E-state index in [1.807, 2.05) is 0 Å². The van der Waals surface area contributed by atoms with E-state index in [0.717, 1.165) is 5.92 Å². The molecule has 0 heteroatoms. The van der Waals surface area contributed by atoms with Crippen LogP contribution in [0.1, 0.15) is 59.8 Å². The molecule has 0 heterocycles. The van der Waals surface area contributed by atoms with E-state index in [0.29, 0.717) is 5.41 Å². The lowest BCUT2D eigenvalue weighted by Gasteiger charge is -2.46. The molecule has 2 aliphatic rings. The summed E-state index contributed by atoms with van der Waals surface area (Å²) in [5.74, 6) is 0.838. The standard InChI is InChI=1S/C15H24/c1-11(2)13-7-9-15(4)8-5-6-12(3)14(15)10-13/h6,14H,5,7-10H2,1-4H3. The average molecular weight is 204 g/mol. The highest BCUT2D eigenvalue weighted by Gasteiger charge is 2.40. The lowest BCUT2D eigenvalue weighted by molar-refractivity contribution is 0.146. The molecule has 0 aromatic carbocycles. The first-order valence-corrected chi connectivity index (χ1v) is 6.35. The van der Waals surface area contributed by atoms with Gasteiger partial charge in [-0.1, -0.05) is 29.7 Å². The van der Waals surface area contributed by atoms with Gasteiger partial charge in [-0.3, -0.25) is 0 Å². The summed E-state index contributed by atoms with van der Waals surface area (Å²) in [4.78, 5) is 0. The minimum atomic E-state index is 0.609. The van der Waals surface area contributed by atoms with Crippen LogP contribution >= 0.6 is 0 Å². The van der Waals surface area contributed by atoms with Gasteiger partial charge in [-0.25, -0.2) is 0 Å². The molecular weight excluding hydrogens is 180 g/mol. The van der Waals surface area contributed by atoms with Crippen molar-refractivity contribution in [2.75, 3.05) is 0 Å². The Morgan fingerprint density at radius 1 is 1.33 bits per heavy atom. The summed E-state index contributed by atoms with van der Waals surface area (Å²) in [7, 11) is 0. The van der Waals surface area contributed by atoms with Gasteiger partial charge in [0.2, 0.25) is 0 Å². The lowest BCUT2D eigenvalue weighted by Crippen LogP contribution is -2.34. The van der Waals surface area contributed by atoms with Crippen molar-refractivity contribution >= 4 is 0 Å². The van der Waals surface area contributed by atoms with Crippen molar-refractivity contribution in [1.82, 2.24) is 0 Å². The Bertz CT molecular complexity index is 315. The van der Waals surface area contributed by atoms with Crippen molar-refractivity contribution in [3.63, 3.8) is 0 Å². The van der Waals surface area contributed by atoms with Crippen molar-refractivity contribution in [1.29, 1.82) is 0 Å². The van der Waals surface area contributed by atoms with Crippen LogP contribution in [0.25, 0.3) is 0 Å². The van der Waals surface area contributed by atoms with Crippen LogP contribution in [0, 0.1) is 11.3 Å². The van der Waals surface area contributed by atoms with Crippen LogP contribution in [-0.2, 0) is 0 Å². The molecule has 2 rings (SSSR count). The van der Waals surface area contributed by atoms with Crippen molar-refractivity contribution in [2.45, 2.75) is 59.8 Å². The zero-order valence-electron chi connectivity index (χ0n) is 10.7. The van der Waals surface area contributed by atoms with Gasteiger partial charge in [-0.2, -0.15) is 0 Å². The van der Waals surface area contributed by atoms with Gasteiger partial charge >= 0.3 is 0 Å². The summed E-state index contributed by atoms with van der Waals surface area (Å²) in [5.41, 5.74) is 5.56. The van der Waals surface area contributed by atoms with Gasteiger partial charge < -0.3 is 0 Å². The molecule has 0 radical (unpaired) electrons. The molecule has 0 spiro atoms. The van der Waals surface area contributed by atoms with E-state index >= 15 is 0 Å². The van der Waals surface area contributed by atoms with Gasteiger partial charge in [-0.05, 0) is 64.2 Å². The molecule has 15 heavy (non-hydrogen) atoms. The second-order valence-corrected chi connectivity index (χ2v) is 6.00. The van der Waals surface area contributed by atoms with Crippen molar-refractivity contribution in [3.05, 3.63) is 22.8 Å². The monoisotopic (exact) mass is 204 g/mol. The lowest BCUT2D eigenvalue weighted by atomic mass is 9.59. The van der Waals surface area contributed by atoms with E-state index in [2.05, 4.69) is 33.8 Å². The predicted molar refractivity (Wildman–Crippen MR) is 66.8 cm³/mol. The molecule has 0 N–H and O–H groups in total. The fourth-order valence-corrected chi connectivity index (χ4v) is 3.44. The van der Waals surface area contributed by atoms with E-state index in [9.17, 15) is 0 Å². The Morgan fingerprint density at radius 3 is 2.73 bits per heavy atom. The van der Waals surface area contributed by atoms with Crippen LogP contribution in [0.2, 0.25) is 0 Å². The summed E-state index contributed by atoms with van der Waals surface area (Å²) in [5, 5.41) is 0. The normalized spacial score (nSPS) is 35.9. The third-order valence-corrected chi connectivity index (χ3v) is 4.73. The largest absolute Gasteiger partial charge is 0.0853 e. The highest BCUT2D eigenvalue weighted by Crippen LogP contribution is 2.52. The summed E-state index contributed by atoms with van der Waals surface area (Å²) >= 11 is 0. The van der Waals surface area contributed by atoms with Gasteiger partial charge in [0, 0.05) is 0 Å². The summed E-state index contributed by atoms with van der Waals surface area (Å²) in [6, 6.07) is 0. The van der Waals surface area contributed by atoms with Crippen LogP contribution in [0.3, 0.4) is 0 Å². The maximum atomic E-state index is 2.51. The third kappa shape index (κ3) is 1.91. The number of allylic oxidation sites excluding steroid dienone is 4. The molecule has 0 bridgehead atoms. The molecule has 1 fully saturated rings. The molecule has 0 aromatic heterocycles. The SMILES string of the molecule is CC1=CCCC2(C)CCC(=C(C)C)CC12. The van der Waals surface area contributed by atoms with Crippen LogP contribution in [-0.4, -0.2) is 0 Å². The molecule has 0 saturated heterocycles. The predicted octanol–water partition coefficient (Wildman–Crippen LogP) is 4.87. The van der Waals surface area contributed by atoms with Gasteiger partial charge in [0.05, 0.1) is 0 Å². The highest BCUT2D eigenvalue weighted by atomic mass is 14.4. The summed E-state index contributed by atoms with van der Waals surface area (Å²) < 4.78 is 0. The summed E-state index contributed by atoms with van der Waals surface area (Å²) in [6.45, 7) is 9.41. The zero-order chi connectivity index (χ0) is 11.1. The minimum absolute atomic E-state index is 0.609.